The van der Waals surface area contributed by atoms with Gasteiger partial charge < -0.3 is 9.84 Å². The lowest BCUT2D eigenvalue weighted by Crippen LogP contribution is -2.35. The molecule has 28 heavy (non-hydrogen) atoms. The Kier molecular flexibility index (Phi) is 6.00. The predicted octanol–water partition coefficient (Wildman–Crippen LogP) is 2.72. The van der Waals surface area contributed by atoms with Crippen molar-refractivity contribution >= 4 is 11.9 Å². The van der Waals surface area contributed by atoms with Gasteiger partial charge in [0.25, 0.3) is 5.95 Å². The molecule has 1 amide bonds. The predicted molar refractivity (Wildman–Crippen MR) is 104 cm³/mol. The quantitative estimate of drug-likeness (QED) is 0.706. The second-order valence-electron chi connectivity index (χ2n) is 6.42. The number of aliphatic hydroxyl groups is 1. The highest BCUT2D eigenvalue weighted by atomic mass is 16.6. The molecule has 2 aromatic heterocycles. The van der Waals surface area contributed by atoms with Crippen molar-refractivity contribution in [2.45, 2.75) is 27.4 Å². The van der Waals surface area contributed by atoms with E-state index in [1.807, 2.05) is 57.2 Å². The first kappa shape index (κ1) is 19.5. The Bertz CT molecular complexity index is 956. The molecule has 2 heterocycles. The Morgan fingerprint density at radius 3 is 2.50 bits per heavy atom. The van der Waals surface area contributed by atoms with Gasteiger partial charge in [-0.15, -0.1) is 0 Å². The van der Waals surface area contributed by atoms with Crippen molar-refractivity contribution < 1.29 is 14.6 Å². The molecule has 0 saturated heterocycles. The fourth-order valence-corrected chi connectivity index (χ4v) is 2.80. The summed E-state index contributed by atoms with van der Waals surface area (Å²) in [6.45, 7) is 5.58. The van der Waals surface area contributed by atoms with Crippen LogP contribution in [0.2, 0.25) is 0 Å². The van der Waals surface area contributed by atoms with E-state index in [4.69, 9.17) is 4.74 Å². The molecule has 8 heteroatoms. The molecule has 0 saturated carbocycles. The first-order chi connectivity index (χ1) is 13.5. The zero-order valence-corrected chi connectivity index (χ0v) is 16.2. The summed E-state index contributed by atoms with van der Waals surface area (Å²) in [6, 6.07) is 13.0. The zero-order chi connectivity index (χ0) is 20.1. The maximum absolute atomic E-state index is 12.6. The summed E-state index contributed by atoms with van der Waals surface area (Å²) in [5.74, 6) is 0.710. The molecule has 0 radical (unpaired) electrons. The van der Waals surface area contributed by atoms with Crippen LogP contribution in [0.5, 0.6) is 0 Å². The summed E-state index contributed by atoms with van der Waals surface area (Å²) in [6.07, 6.45) is -0.588. The van der Waals surface area contributed by atoms with Crippen LogP contribution in [0.1, 0.15) is 22.6 Å². The lowest BCUT2D eigenvalue weighted by molar-refractivity contribution is 0.145. The lowest BCUT2D eigenvalue weighted by Gasteiger charge is -2.21. The molecular formula is C20H23N5O3. The minimum atomic E-state index is -0.588. The fourth-order valence-electron chi connectivity index (χ4n) is 2.80. The Balaban J connectivity index is 1.86. The van der Waals surface area contributed by atoms with E-state index in [2.05, 4.69) is 15.1 Å². The molecule has 0 spiro atoms. The number of aromatic nitrogens is 4. The molecule has 8 nitrogen and oxygen atoms in total. The summed E-state index contributed by atoms with van der Waals surface area (Å²) in [5.41, 5.74) is 3.28. The van der Waals surface area contributed by atoms with Gasteiger partial charge in [-0.3, -0.25) is 4.90 Å². The molecule has 0 unspecified atom stereocenters. The van der Waals surface area contributed by atoms with Crippen LogP contribution in [0.4, 0.5) is 10.6 Å². The van der Waals surface area contributed by atoms with Gasteiger partial charge in [0.05, 0.1) is 18.8 Å². The maximum atomic E-state index is 12.6. The van der Waals surface area contributed by atoms with Gasteiger partial charge in [-0.05, 0) is 32.4 Å². The Morgan fingerprint density at radius 2 is 1.86 bits per heavy atom. The normalized spacial score (nSPS) is 10.7. The topological polar surface area (TPSA) is 93.4 Å². The maximum Gasteiger partial charge on any atom is 0.415 e. The van der Waals surface area contributed by atoms with Gasteiger partial charge in [-0.25, -0.2) is 14.5 Å². The van der Waals surface area contributed by atoms with E-state index in [1.165, 1.54) is 4.90 Å². The van der Waals surface area contributed by atoms with Crippen molar-refractivity contribution in [3.05, 3.63) is 65.1 Å². The molecule has 0 aliphatic rings. The number of amides is 1. The zero-order valence-electron chi connectivity index (χ0n) is 16.2. The van der Waals surface area contributed by atoms with Gasteiger partial charge in [-0.2, -0.15) is 10.1 Å². The van der Waals surface area contributed by atoms with Gasteiger partial charge >= 0.3 is 6.09 Å². The average Bonchev–Trinajstić information content (AvgIpc) is 3.02. The van der Waals surface area contributed by atoms with E-state index in [1.54, 1.807) is 10.7 Å². The molecule has 0 atom stereocenters. The molecule has 0 aliphatic heterocycles. The van der Waals surface area contributed by atoms with Crippen LogP contribution in [0.3, 0.4) is 0 Å². The third-order valence-corrected chi connectivity index (χ3v) is 4.05. The van der Waals surface area contributed by atoms with Crippen LogP contribution in [0, 0.1) is 20.8 Å². The number of hydrogen-bond acceptors (Lipinski definition) is 6. The van der Waals surface area contributed by atoms with Crippen LogP contribution in [0.25, 0.3) is 5.95 Å². The Hall–Kier alpha value is -3.26. The minimum absolute atomic E-state index is 0.0562. The highest BCUT2D eigenvalue weighted by Gasteiger charge is 2.20. The number of aryl methyl sites for hydroxylation is 3. The number of hydrogen-bond donors (Lipinski definition) is 1. The smallest absolute Gasteiger partial charge is 0.415 e. The largest absolute Gasteiger partial charge is 0.444 e. The van der Waals surface area contributed by atoms with Gasteiger partial charge in [-0.1, -0.05) is 30.3 Å². The third-order valence-electron chi connectivity index (χ3n) is 4.05. The molecule has 0 aliphatic carbocycles. The molecule has 3 aromatic rings. The second-order valence-corrected chi connectivity index (χ2v) is 6.42. The van der Waals surface area contributed by atoms with Gasteiger partial charge in [0.15, 0.2) is 0 Å². The van der Waals surface area contributed by atoms with Crippen molar-refractivity contribution in [3.63, 3.8) is 0 Å². The molecule has 0 fully saturated rings. The summed E-state index contributed by atoms with van der Waals surface area (Å²) in [7, 11) is 0. The molecule has 3 rings (SSSR count). The third kappa shape index (κ3) is 4.52. The van der Waals surface area contributed by atoms with Crippen LogP contribution in [-0.2, 0) is 11.3 Å². The number of ether oxygens (including phenoxy) is 1. The van der Waals surface area contributed by atoms with Crippen molar-refractivity contribution in [1.29, 1.82) is 0 Å². The first-order valence-electron chi connectivity index (χ1n) is 8.96. The van der Waals surface area contributed by atoms with Gasteiger partial charge in [0.1, 0.15) is 12.4 Å². The van der Waals surface area contributed by atoms with E-state index in [-0.39, 0.29) is 19.8 Å². The van der Waals surface area contributed by atoms with Crippen molar-refractivity contribution in [2.75, 3.05) is 18.1 Å². The standard InChI is InChI=1S/C20H23N5O3/c1-14-12-18(22-19(21-14)25-16(3)11-15(2)23-25)24(9-10-26)20(27)28-13-17-7-5-4-6-8-17/h4-8,11-12,26H,9-10,13H2,1-3H3. The molecule has 146 valence electrons. The Morgan fingerprint density at radius 1 is 1.11 bits per heavy atom. The molecule has 1 aromatic carbocycles. The number of carbonyl (C=O) groups is 1. The van der Waals surface area contributed by atoms with Crippen LogP contribution in [0.15, 0.2) is 42.5 Å². The van der Waals surface area contributed by atoms with E-state index in [0.717, 1.165) is 17.0 Å². The number of nitrogens with zero attached hydrogens (tertiary/aromatic N) is 5. The monoisotopic (exact) mass is 381 g/mol. The SMILES string of the molecule is Cc1cc(N(CCO)C(=O)OCc2ccccc2)nc(-n2nc(C)cc2C)n1. The number of anilines is 1. The summed E-state index contributed by atoms with van der Waals surface area (Å²) in [5, 5.41) is 13.8. The van der Waals surface area contributed by atoms with Crippen LogP contribution < -0.4 is 4.90 Å². The number of aliphatic hydroxyl groups excluding tert-OH is 1. The molecule has 1 N–H and O–H groups in total. The lowest BCUT2D eigenvalue weighted by atomic mass is 10.2. The summed E-state index contributed by atoms with van der Waals surface area (Å²) in [4.78, 5) is 22.8. The van der Waals surface area contributed by atoms with Gasteiger partial charge in [0.2, 0.25) is 0 Å². The Labute approximate surface area is 163 Å². The number of benzene rings is 1. The highest BCUT2D eigenvalue weighted by molar-refractivity contribution is 5.86. The molecule has 0 bridgehead atoms. The van der Waals surface area contributed by atoms with E-state index in [0.29, 0.717) is 17.5 Å². The fraction of sp³-hybridized carbons (Fsp3) is 0.300. The molecular weight excluding hydrogens is 358 g/mol. The van der Waals surface area contributed by atoms with Crippen LogP contribution in [-0.4, -0.2) is 44.1 Å². The highest BCUT2D eigenvalue weighted by Crippen LogP contribution is 2.17. The second kappa shape index (κ2) is 8.62. The van der Waals surface area contributed by atoms with E-state index in [9.17, 15) is 9.90 Å². The summed E-state index contributed by atoms with van der Waals surface area (Å²) >= 11 is 0. The van der Waals surface area contributed by atoms with Crippen molar-refractivity contribution in [1.82, 2.24) is 19.7 Å². The van der Waals surface area contributed by atoms with E-state index < -0.39 is 6.09 Å². The van der Waals surface area contributed by atoms with E-state index >= 15 is 0 Å². The van der Waals surface area contributed by atoms with Crippen molar-refractivity contribution in [2.24, 2.45) is 0 Å². The number of carbonyl (C=O) groups excluding carboxylic acids is 1. The number of rotatable bonds is 6. The van der Waals surface area contributed by atoms with Gasteiger partial charge in [0, 0.05) is 17.5 Å². The van der Waals surface area contributed by atoms with Crippen LogP contribution >= 0.6 is 0 Å². The summed E-state index contributed by atoms with van der Waals surface area (Å²) < 4.78 is 7.03. The van der Waals surface area contributed by atoms with Crippen molar-refractivity contribution in [3.8, 4) is 5.95 Å². The first-order valence-corrected chi connectivity index (χ1v) is 8.96. The average molecular weight is 381 g/mol. The minimum Gasteiger partial charge on any atom is -0.444 e.